The molecular formula is C15H14F3NO. The van der Waals surface area contributed by atoms with Gasteiger partial charge in [0.2, 0.25) is 0 Å². The molecule has 0 saturated heterocycles. The third kappa shape index (κ3) is 2.77. The summed E-state index contributed by atoms with van der Waals surface area (Å²) in [4.78, 5) is 0. The van der Waals surface area contributed by atoms with Crippen molar-refractivity contribution in [3.05, 3.63) is 65.0 Å². The predicted octanol–water partition coefficient (Wildman–Crippen LogP) is 3.42. The Labute approximate surface area is 115 Å². The van der Waals surface area contributed by atoms with E-state index >= 15 is 0 Å². The van der Waals surface area contributed by atoms with Crippen LogP contribution >= 0.6 is 0 Å². The Morgan fingerprint density at radius 3 is 2.35 bits per heavy atom. The van der Waals surface area contributed by atoms with Crippen LogP contribution in [-0.2, 0) is 0 Å². The van der Waals surface area contributed by atoms with E-state index < -0.39 is 23.5 Å². The Morgan fingerprint density at radius 2 is 1.75 bits per heavy atom. The first-order chi connectivity index (χ1) is 9.56. The average molecular weight is 281 g/mol. The van der Waals surface area contributed by atoms with Crippen LogP contribution < -0.4 is 10.1 Å². The highest BCUT2D eigenvalue weighted by atomic mass is 19.2. The van der Waals surface area contributed by atoms with E-state index in [4.69, 9.17) is 4.74 Å². The standard InChI is InChI=1S/C15H14F3NO/c1-19-15(9-3-5-12(17)13(18)7-9)11-8-10(16)4-6-14(11)20-2/h3-8,15,19H,1-2H3. The SMILES string of the molecule is CNC(c1ccc(F)c(F)c1)c1cc(F)ccc1OC. The van der Waals surface area contributed by atoms with Crippen molar-refractivity contribution in [2.24, 2.45) is 0 Å². The molecule has 0 radical (unpaired) electrons. The summed E-state index contributed by atoms with van der Waals surface area (Å²) >= 11 is 0. The number of hydrogen-bond acceptors (Lipinski definition) is 2. The number of halogens is 3. The maximum atomic E-state index is 13.4. The van der Waals surface area contributed by atoms with Gasteiger partial charge in [-0.05, 0) is 42.9 Å². The van der Waals surface area contributed by atoms with Crippen LogP contribution in [0.3, 0.4) is 0 Å². The first-order valence-electron chi connectivity index (χ1n) is 6.02. The van der Waals surface area contributed by atoms with E-state index in [-0.39, 0.29) is 0 Å². The van der Waals surface area contributed by atoms with E-state index in [9.17, 15) is 13.2 Å². The number of methoxy groups -OCH3 is 1. The summed E-state index contributed by atoms with van der Waals surface area (Å²) in [7, 11) is 3.12. The molecule has 0 saturated carbocycles. The van der Waals surface area contributed by atoms with Crippen molar-refractivity contribution in [2.75, 3.05) is 14.2 Å². The van der Waals surface area contributed by atoms with E-state index in [0.717, 1.165) is 12.1 Å². The molecule has 106 valence electrons. The first-order valence-corrected chi connectivity index (χ1v) is 6.02. The zero-order chi connectivity index (χ0) is 14.7. The molecular weight excluding hydrogens is 267 g/mol. The lowest BCUT2D eigenvalue weighted by molar-refractivity contribution is 0.403. The number of nitrogens with one attached hydrogen (secondary N) is 1. The van der Waals surface area contributed by atoms with Gasteiger partial charge in [-0.3, -0.25) is 0 Å². The highest BCUT2D eigenvalue weighted by molar-refractivity contribution is 5.42. The topological polar surface area (TPSA) is 21.3 Å². The average Bonchev–Trinajstić information content (AvgIpc) is 2.44. The summed E-state index contributed by atoms with van der Waals surface area (Å²) in [5.74, 6) is -1.83. The molecule has 0 bridgehead atoms. The van der Waals surface area contributed by atoms with Crippen LogP contribution in [0, 0.1) is 17.5 Å². The van der Waals surface area contributed by atoms with Gasteiger partial charge in [0.05, 0.1) is 13.2 Å². The molecule has 0 spiro atoms. The molecule has 0 aliphatic carbocycles. The molecule has 0 aromatic heterocycles. The number of ether oxygens (including phenoxy) is 1. The summed E-state index contributed by atoms with van der Waals surface area (Å²) < 4.78 is 44.9. The molecule has 1 unspecified atom stereocenters. The van der Waals surface area contributed by atoms with Gasteiger partial charge in [0.15, 0.2) is 11.6 Å². The van der Waals surface area contributed by atoms with E-state index in [1.807, 2.05) is 0 Å². The van der Waals surface area contributed by atoms with Crippen molar-refractivity contribution in [1.82, 2.24) is 5.32 Å². The van der Waals surface area contributed by atoms with Gasteiger partial charge in [0.1, 0.15) is 11.6 Å². The highest BCUT2D eigenvalue weighted by Crippen LogP contribution is 2.31. The lowest BCUT2D eigenvalue weighted by Gasteiger charge is -2.20. The minimum absolute atomic E-state index is 0.427. The predicted molar refractivity (Wildman–Crippen MR) is 70.2 cm³/mol. The van der Waals surface area contributed by atoms with Crippen LogP contribution in [0.4, 0.5) is 13.2 Å². The molecule has 2 nitrogen and oxygen atoms in total. The van der Waals surface area contributed by atoms with E-state index in [0.29, 0.717) is 16.9 Å². The summed E-state index contributed by atoms with van der Waals surface area (Å²) in [6.45, 7) is 0. The summed E-state index contributed by atoms with van der Waals surface area (Å²) in [5.41, 5.74) is 0.997. The Morgan fingerprint density at radius 1 is 1.00 bits per heavy atom. The minimum atomic E-state index is -0.946. The van der Waals surface area contributed by atoms with Crippen LogP contribution in [0.2, 0.25) is 0 Å². The van der Waals surface area contributed by atoms with Crippen molar-refractivity contribution >= 4 is 0 Å². The van der Waals surface area contributed by atoms with E-state index in [1.54, 1.807) is 7.05 Å². The minimum Gasteiger partial charge on any atom is -0.496 e. The quantitative estimate of drug-likeness (QED) is 0.927. The van der Waals surface area contributed by atoms with Gasteiger partial charge < -0.3 is 10.1 Å². The first kappa shape index (κ1) is 14.4. The summed E-state index contributed by atoms with van der Waals surface area (Å²) in [6, 6.07) is 7.15. The smallest absolute Gasteiger partial charge is 0.159 e. The van der Waals surface area contributed by atoms with E-state index in [2.05, 4.69) is 5.32 Å². The Hall–Kier alpha value is -2.01. The second-order valence-electron chi connectivity index (χ2n) is 4.28. The van der Waals surface area contributed by atoms with E-state index in [1.165, 1.54) is 31.4 Å². The largest absolute Gasteiger partial charge is 0.496 e. The van der Waals surface area contributed by atoms with Gasteiger partial charge in [-0.25, -0.2) is 13.2 Å². The monoisotopic (exact) mass is 281 g/mol. The zero-order valence-electron chi connectivity index (χ0n) is 11.1. The van der Waals surface area contributed by atoms with Crippen molar-refractivity contribution in [2.45, 2.75) is 6.04 Å². The molecule has 0 aliphatic heterocycles. The normalized spacial score (nSPS) is 12.2. The van der Waals surface area contributed by atoms with Crippen molar-refractivity contribution in [1.29, 1.82) is 0 Å². The molecule has 5 heteroatoms. The molecule has 0 fully saturated rings. The Bertz CT molecular complexity index is 616. The second kappa shape index (κ2) is 5.96. The maximum Gasteiger partial charge on any atom is 0.159 e. The van der Waals surface area contributed by atoms with Crippen LogP contribution in [0.1, 0.15) is 17.2 Å². The summed E-state index contributed by atoms with van der Waals surface area (Å²) in [5, 5.41) is 2.95. The number of benzene rings is 2. The van der Waals surface area contributed by atoms with Crippen LogP contribution in [0.25, 0.3) is 0 Å². The summed E-state index contributed by atoms with van der Waals surface area (Å²) in [6.07, 6.45) is 0. The highest BCUT2D eigenvalue weighted by Gasteiger charge is 2.18. The maximum absolute atomic E-state index is 13.4. The Balaban J connectivity index is 2.51. The fraction of sp³-hybridized carbons (Fsp3) is 0.200. The van der Waals surface area contributed by atoms with Gasteiger partial charge in [0, 0.05) is 5.56 Å². The number of rotatable bonds is 4. The number of hydrogen-bond donors (Lipinski definition) is 1. The lowest BCUT2D eigenvalue weighted by atomic mass is 9.97. The zero-order valence-corrected chi connectivity index (χ0v) is 11.1. The fourth-order valence-corrected chi connectivity index (χ4v) is 2.12. The molecule has 0 amide bonds. The van der Waals surface area contributed by atoms with Gasteiger partial charge >= 0.3 is 0 Å². The van der Waals surface area contributed by atoms with Crippen molar-refractivity contribution in [3.8, 4) is 5.75 Å². The lowest BCUT2D eigenvalue weighted by Crippen LogP contribution is -2.19. The fourth-order valence-electron chi connectivity index (χ4n) is 2.12. The van der Waals surface area contributed by atoms with Gasteiger partial charge in [-0.2, -0.15) is 0 Å². The third-order valence-corrected chi connectivity index (χ3v) is 3.07. The third-order valence-electron chi connectivity index (χ3n) is 3.07. The van der Waals surface area contributed by atoms with Crippen LogP contribution in [0.5, 0.6) is 5.75 Å². The Kier molecular flexibility index (Phi) is 4.29. The van der Waals surface area contributed by atoms with Gasteiger partial charge in [-0.1, -0.05) is 6.07 Å². The molecule has 1 N–H and O–H groups in total. The van der Waals surface area contributed by atoms with Crippen molar-refractivity contribution in [3.63, 3.8) is 0 Å². The van der Waals surface area contributed by atoms with Crippen molar-refractivity contribution < 1.29 is 17.9 Å². The van der Waals surface area contributed by atoms with Gasteiger partial charge in [0.25, 0.3) is 0 Å². The molecule has 2 rings (SSSR count). The molecule has 1 atom stereocenters. The van der Waals surface area contributed by atoms with Crippen LogP contribution in [-0.4, -0.2) is 14.2 Å². The van der Waals surface area contributed by atoms with Gasteiger partial charge in [-0.15, -0.1) is 0 Å². The molecule has 2 aromatic carbocycles. The molecule has 20 heavy (non-hydrogen) atoms. The molecule has 0 heterocycles. The molecule has 0 aliphatic rings. The second-order valence-corrected chi connectivity index (χ2v) is 4.28. The van der Waals surface area contributed by atoms with Crippen LogP contribution in [0.15, 0.2) is 36.4 Å². The molecule has 2 aromatic rings.